The maximum atomic E-state index is 13.1. The van der Waals surface area contributed by atoms with Crippen molar-refractivity contribution in [1.82, 2.24) is 0 Å². The first-order valence-corrected chi connectivity index (χ1v) is 45.0. The molecule has 100 heavy (non-hydrogen) atoms. The molecule has 0 saturated carbocycles. The van der Waals surface area contributed by atoms with Gasteiger partial charge in [0.15, 0.2) is 12.2 Å². The molecule has 0 radical (unpaired) electrons. The van der Waals surface area contributed by atoms with E-state index in [-0.39, 0.29) is 25.7 Å². The van der Waals surface area contributed by atoms with Crippen LogP contribution in [0.2, 0.25) is 0 Å². The van der Waals surface area contributed by atoms with Crippen LogP contribution in [0.4, 0.5) is 0 Å². The van der Waals surface area contributed by atoms with Gasteiger partial charge in [0.2, 0.25) is 0 Å². The number of phosphoric acid groups is 2. The van der Waals surface area contributed by atoms with Gasteiger partial charge < -0.3 is 33.8 Å². The van der Waals surface area contributed by atoms with Crippen LogP contribution in [0.1, 0.15) is 427 Å². The second-order valence-electron chi connectivity index (χ2n) is 30.1. The Balaban J connectivity index is 5.16. The summed E-state index contributed by atoms with van der Waals surface area (Å²) in [4.78, 5) is 72.8. The molecule has 3 N–H and O–H groups in total. The monoisotopic (exact) mass is 1470 g/mol. The summed E-state index contributed by atoms with van der Waals surface area (Å²) in [5.74, 6) is -0.584. The van der Waals surface area contributed by atoms with Gasteiger partial charge in [0.25, 0.3) is 0 Å². The molecular weight excluding hydrogens is 1310 g/mol. The zero-order chi connectivity index (χ0) is 73.5. The Morgan fingerprint density at radius 1 is 0.270 bits per heavy atom. The molecule has 0 fully saturated rings. The highest BCUT2D eigenvalue weighted by molar-refractivity contribution is 7.47. The molecule has 0 heterocycles. The molecule has 0 saturated heterocycles. The van der Waals surface area contributed by atoms with E-state index in [0.29, 0.717) is 25.7 Å². The SMILES string of the molecule is CCCCCCCCCCCCCCCCCCCCCCCCC(=O)O[C@H](COC(=O)CCCCCCCCCCCCCCCCCCC(C)C)COP(=O)(O)OC[C@@H](O)COP(=O)(O)OC[C@@H](COC(=O)CCCCCCCCCC)OC(=O)CCCCCCCCCCC(C)C. The molecule has 0 aromatic heterocycles. The number of phosphoric ester groups is 2. The second kappa shape index (κ2) is 72.6. The van der Waals surface area contributed by atoms with Gasteiger partial charge in [-0.1, -0.05) is 375 Å². The maximum absolute atomic E-state index is 13.1. The second-order valence-corrected chi connectivity index (χ2v) is 33.0. The topological polar surface area (TPSA) is 237 Å². The highest BCUT2D eigenvalue weighted by Crippen LogP contribution is 2.45. The molecule has 0 aliphatic carbocycles. The molecule has 0 aliphatic rings. The number of hydrogen-bond acceptors (Lipinski definition) is 15. The van der Waals surface area contributed by atoms with Gasteiger partial charge in [-0.2, -0.15) is 0 Å². The minimum absolute atomic E-state index is 0.105. The Labute approximate surface area is 613 Å². The summed E-state index contributed by atoms with van der Waals surface area (Å²) >= 11 is 0. The van der Waals surface area contributed by atoms with Crippen LogP contribution < -0.4 is 0 Å². The van der Waals surface area contributed by atoms with Crippen LogP contribution in [0.15, 0.2) is 0 Å². The van der Waals surface area contributed by atoms with Crippen molar-refractivity contribution in [2.24, 2.45) is 11.8 Å². The molecule has 0 rings (SSSR count). The average molecular weight is 1470 g/mol. The summed E-state index contributed by atoms with van der Waals surface area (Å²) in [6, 6.07) is 0. The lowest BCUT2D eigenvalue weighted by molar-refractivity contribution is -0.161. The van der Waals surface area contributed by atoms with Crippen LogP contribution in [0.5, 0.6) is 0 Å². The molecule has 0 amide bonds. The Hall–Kier alpha value is -1.94. The lowest BCUT2D eigenvalue weighted by Gasteiger charge is -2.21. The minimum atomic E-state index is -4.96. The lowest BCUT2D eigenvalue weighted by atomic mass is 10.0. The van der Waals surface area contributed by atoms with E-state index in [1.807, 2.05) is 0 Å². The zero-order valence-electron chi connectivity index (χ0n) is 65.5. The van der Waals surface area contributed by atoms with E-state index in [2.05, 4.69) is 41.5 Å². The van der Waals surface area contributed by atoms with Gasteiger partial charge in [0, 0.05) is 25.7 Å². The fourth-order valence-corrected chi connectivity index (χ4v) is 14.1. The predicted molar refractivity (Wildman–Crippen MR) is 409 cm³/mol. The number of unbranched alkanes of at least 4 members (excludes halogenated alkanes) is 50. The molecule has 0 aliphatic heterocycles. The molecule has 0 bridgehead atoms. The smallest absolute Gasteiger partial charge is 0.462 e. The van der Waals surface area contributed by atoms with Crippen molar-refractivity contribution in [3.8, 4) is 0 Å². The third-order valence-electron chi connectivity index (χ3n) is 19.0. The summed E-state index contributed by atoms with van der Waals surface area (Å²) in [5, 5.41) is 10.6. The van der Waals surface area contributed by atoms with Crippen LogP contribution in [0.25, 0.3) is 0 Å². The van der Waals surface area contributed by atoms with Gasteiger partial charge >= 0.3 is 39.5 Å². The standard InChI is InChI=1S/C81H158O17P2/c1-7-9-11-13-15-17-18-19-20-21-22-23-24-25-26-31-34-37-40-47-53-59-65-80(85)97-77(70-92-79(84)64-58-52-46-39-36-33-30-28-27-29-32-35-38-43-49-55-61-73(3)4)72-96-100(89,90)94-68-75(82)67-93-99(87,88)95-71-76(69-91-78(83)63-57-51-45-16-14-12-10-8-2)98-81(86)66-60-54-48-42-41-44-50-56-62-74(5)6/h73-77,82H,7-72H2,1-6H3,(H,87,88)(H,89,90)/t75-,76+,77+/m0/s1. The van der Waals surface area contributed by atoms with E-state index in [1.165, 1.54) is 238 Å². The van der Waals surface area contributed by atoms with Gasteiger partial charge in [-0.3, -0.25) is 37.3 Å². The van der Waals surface area contributed by atoms with E-state index in [9.17, 15) is 43.2 Å². The first-order valence-electron chi connectivity index (χ1n) is 42.0. The van der Waals surface area contributed by atoms with E-state index in [0.717, 1.165) is 108 Å². The quantitative estimate of drug-likeness (QED) is 0.0222. The Morgan fingerprint density at radius 3 is 0.680 bits per heavy atom. The largest absolute Gasteiger partial charge is 0.472 e. The van der Waals surface area contributed by atoms with Crippen LogP contribution in [0, 0.1) is 11.8 Å². The molecule has 594 valence electrons. The van der Waals surface area contributed by atoms with Crippen molar-refractivity contribution in [3.63, 3.8) is 0 Å². The molecule has 0 aromatic rings. The van der Waals surface area contributed by atoms with E-state index in [4.69, 9.17) is 37.0 Å². The number of ether oxygens (including phenoxy) is 4. The summed E-state index contributed by atoms with van der Waals surface area (Å²) in [5.41, 5.74) is 0. The average Bonchev–Trinajstić information content (AvgIpc) is 0.988. The van der Waals surface area contributed by atoms with E-state index < -0.39 is 97.5 Å². The molecule has 17 nitrogen and oxygen atoms in total. The minimum Gasteiger partial charge on any atom is -0.462 e. The van der Waals surface area contributed by atoms with Gasteiger partial charge in [-0.25, -0.2) is 9.13 Å². The van der Waals surface area contributed by atoms with E-state index in [1.54, 1.807) is 0 Å². The number of esters is 4. The number of rotatable bonds is 80. The summed E-state index contributed by atoms with van der Waals surface area (Å²) < 4.78 is 68.6. The Bertz CT molecular complexity index is 1920. The number of carbonyl (C=O) groups is 4. The predicted octanol–water partition coefficient (Wildman–Crippen LogP) is 24.3. The van der Waals surface area contributed by atoms with Gasteiger partial charge in [0.05, 0.1) is 26.4 Å². The Morgan fingerprint density at radius 2 is 0.460 bits per heavy atom. The number of hydrogen-bond donors (Lipinski definition) is 3. The maximum Gasteiger partial charge on any atom is 0.472 e. The number of aliphatic hydroxyl groups excluding tert-OH is 1. The van der Waals surface area contributed by atoms with Gasteiger partial charge in [0.1, 0.15) is 19.3 Å². The molecule has 2 unspecified atom stereocenters. The summed E-state index contributed by atoms with van der Waals surface area (Å²) in [6.07, 6.45) is 62.8. The Kier molecular flexibility index (Phi) is 71.2. The molecule has 0 aromatic carbocycles. The number of aliphatic hydroxyl groups is 1. The normalized spacial score (nSPS) is 13.9. The zero-order valence-corrected chi connectivity index (χ0v) is 67.3. The third-order valence-corrected chi connectivity index (χ3v) is 20.9. The highest BCUT2D eigenvalue weighted by Gasteiger charge is 2.30. The van der Waals surface area contributed by atoms with Gasteiger partial charge in [-0.05, 0) is 37.5 Å². The van der Waals surface area contributed by atoms with Gasteiger partial charge in [-0.15, -0.1) is 0 Å². The van der Waals surface area contributed by atoms with Crippen LogP contribution in [0.3, 0.4) is 0 Å². The first-order chi connectivity index (χ1) is 48.4. The van der Waals surface area contributed by atoms with Crippen LogP contribution in [-0.2, 0) is 65.4 Å². The van der Waals surface area contributed by atoms with Crippen molar-refractivity contribution in [3.05, 3.63) is 0 Å². The van der Waals surface area contributed by atoms with E-state index >= 15 is 0 Å². The number of carbonyl (C=O) groups excluding carboxylic acids is 4. The third kappa shape index (κ3) is 74.3. The molecule has 5 atom stereocenters. The fraction of sp³-hybridized carbons (Fsp3) is 0.951. The summed E-state index contributed by atoms with van der Waals surface area (Å²) in [6.45, 7) is 9.58. The van der Waals surface area contributed by atoms with Crippen molar-refractivity contribution in [1.29, 1.82) is 0 Å². The first kappa shape index (κ1) is 98.1. The van der Waals surface area contributed by atoms with Crippen molar-refractivity contribution >= 4 is 39.5 Å². The van der Waals surface area contributed by atoms with Crippen molar-refractivity contribution in [2.75, 3.05) is 39.6 Å². The fourth-order valence-electron chi connectivity index (χ4n) is 12.5. The van der Waals surface area contributed by atoms with Crippen LogP contribution in [-0.4, -0.2) is 96.7 Å². The molecule has 0 spiro atoms. The summed E-state index contributed by atoms with van der Waals surface area (Å²) in [7, 11) is -9.91. The molecule has 19 heteroatoms. The van der Waals surface area contributed by atoms with Crippen molar-refractivity contribution < 1.29 is 80.2 Å². The molecular formula is C81H158O17P2. The van der Waals surface area contributed by atoms with Crippen molar-refractivity contribution in [2.45, 2.75) is 445 Å². The van der Waals surface area contributed by atoms with Crippen LogP contribution >= 0.6 is 15.6 Å². The lowest BCUT2D eigenvalue weighted by Crippen LogP contribution is -2.30. The highest BCUT2D eigenvalue weighted by atomic mass is 31.2.